The lowest BCUT2D eigenvalue weighted by Gasteiger charge is -2.30. The van der Waals surface area contributed by atoms with Crippen LogP contribution in [0.1, 0.15) is 31.1 Å². The third-order valence-electron chi connectivity index (χ3n) is 4.17. The fourth-order valence-electron chi connectivity index (χ4n) is 2.81. The van der Waals surface area contributed by atoms with Crippen molar-refractivity contribution >= 4 is 5.91 Å². The second-order valence-corrected chi connectivity index (χ2v) is 5.85. The molecule has 0 saturated carbocycles. The number of carbonyl (C=O) groups excluding carboxylic acids is 1. The monoisotopic (exact) mass is 368 g/mol. The maximum absolute atomic E-state index is 12.6. The van der Waals surface area contributed by atoms with E-state index in [4.69, 9.17) is 0 Å². The molecule has 1 atom stereocenters. The van der Waals surface area contributed by atoms with Crippen LogP contribution < -0.4 is 5.32 Å². The van der Waals surface area contributed by atoms with Crippen molar-refractivity contribution in [2.24, 2.45) is 0 Å². The van der Waals surface area contributed by atoms with Gasteiger partial charge in [-0.3, -0.25) is 14.4 Å². The lowest BCUT2D eigenvalue weighted by atomic mass is 10.1. The number of hydrogen-bond donors (Lipinski definition) is 1. The van der Waals surface area contributed by atoms with E-state index >= 15 is 0 Å². The number of nitrogens with zero attached hydrogens (tertiary/aromatic N) is 3. The minimum Gasteiger partial charge on any atom is -0.353 e. The first-order valence-electron chi connectivity index (χ1n) is 8.51. The third kappa shape index (κ3) is 5.32. The van der Waals surface area contributed by atoms with Crippen molar-refractivity contribution in [2.75, 3.05) is 19.6 Å². The summed E-state index contributed by atoms with van der Waals surface area (Å²) in [5.74, 6) is -0.380. The minimum absolute atomic E-state index is 0.00138. The first kappa shape index (κ1) is 20.0. The zero-order chi connectivity index (χ0) is 19.2. The van der Waals surface area contributed by atoms with Crippen LogP contribution in [-0.4, -0.2) is 40.2 Å². The molecule has 26 heavy (non-hydrogen) atoms. The molecule has 1 amide bonds. The molecule has 2 aromatic rings. The Labute approximate surface area is 150 Å². The number of aromatic nitrogens is 2. The number of rotatable bonds is 8. The number of halogens is 3. The van der Waals surface area contributed by atoms with Gasteiger partial charge in [0.2, 0.25) is 5.91 Å². The van der Waals surface area contributed by atoms with Gasteiger partial charge in [0.15, 0.2) is 5.69 Å². The zero-order valence-corrected chi connectivity index (χ0v) is 14.8. The summed E-state index contributed by atoms with van der Waals surface area (Å²) in [7, 11) is 0. The van der Waals surface area contributed by atoms with Crippen molar-refractivity contribution in [3.8, 4) is 0 Å². The summed E-state index contributed by atoms with van der Waals surface area (Å²) in [6.45, 7) is 5.85. The fourth-order valence-corrected chi connectivity index (χ4v) is 2.81. The highest BCUT2D eigenvalue weighted by molar-refractivity contribution is 5.75. The maximum Gasteiger partial charge on any atom is 0.435 e. The fraction of sp³-hybridized carbons (Fsp3) is 0.444. The standard InChI is InChI=1S/C18H23F3N4O/c1-3-24(4-2)15(14-8-6-5-7-9-14)12-22-17(26)13-25-11-10-16(23-25)18(19,20)21/h5-11,15H,3-4,12-13H2,1-2H3,(H,22,26). The maximum atomic E-state index is 12.6. The van der Waals surface area contributed by atoms with E-state index in [0.29, 0.717) is 6.54 Å². The van der Waals surface area contributed by atoms with Crippen LogP contribution in [0.15, 0.2) is 42.6 Å². The van der Waals surface area contributed by atoms with Crippen molar-refractivity contribution in [3.63, 3.8) is 0 Å². The molecule has 0 fully saturated rings. The topological polar surface area (TPSA) is 50.2 Å². The van der Waals surface area contributed by atoms with Gasteiger partial charge in [0.1, 0.15) is 6.54 Å². The molecular formula is C18H23F3N4O. The lowest BCUT2D eigenvalue weighted by Crippen LogP contribution is -2.39. The Hall–Kier alpha value is -2.35. The quantitative estimate of drug-likeness (QED) is 0.779. The first-order chi connectivity index (χ1) is 12.3. The van der Waals surface area contributed by atoms with Crippen molar-refractivity contribution in [1.29, 1.82) is 0 Å². The van der Waals surface area contributed by atoms with E-state index in [0.717, 1.165) is 35.6 Å². The summed E-state index contributed by atoms with van der Waals surface area (Å²) in [6.07, 6.45) is -3.36. The molecule has 8 heteroatoms. The summed E-state index contributed by atoms with van der Waals surface area (Å²) in [5.41, 5.74) is 0.0746. The van der Waals surface area contributed by atoms with Crippen molar-refractivity contribution in [2.45, 2.75) is 32.6 Å². The second-order valence-electron chi connectivity index (χ2n) is 5.85. The number of likely N-dealkylation sites (N-methyl/N-ethyl adjacent to an activating group) is 1. The summed E-state index contributed by atoms with van der Waals surface area (Å²) < 4.78 is 38.7. The smallest absolute Gasteiger partial charge is 0.353 e. The van der Waals surface area contributed by atoms with Crippen LogP contribution in [0.25, 0.3) is 0 Å². The van der Waals surface area contributed by atoms with Crippen LogP contribution in [0.2, 0.25) is 0 Å². The Kier molecular flexibility index (Phi) is 6.79. The molecule has 0 bridgehead atoms. The Morgan fingerprint density at radius 3 is 2.38 bits per heavy atom. The SMILES string of the molecule is CCN(CC)C(CNC(=O)Cn1ccc(C(F)(F)F)n1)c1ccccc1. The van der Waals surface area contributed by atoms with Gasteiger partial charge in [-0.2, -0.15) is 18.3 Å². The summed E-state index contributed by atoms with van der Waals surface area (Å²) >= 11 is 0. The van der Waals surface area contributed by atoms with Gasteiger partial charge < -0.3 is 5.32 Å². The summed E-state index contributed by atoms with van der Waals surface area (Å²) in [4.78, 5) is 14.3. The average Bonchev–Trinajstić information content (AvgIpc) is 3.08. The van der Waals surface area contributed by atoms with E-state index in [2.05, 4.69) is 15.3 Å². The molecule has 0 aliphatic carbocycles. The molecular weight excluding hydrogens is 345 g/mol. The molecule has 2 rings (SSSR count). The van der Waals surface area contributed by atoms with E-state index in [1.165, 1.54) is 0 Å². The minimum atomic E-state index is -4.51. The normalized spacial score (nSPS) is 13.0. The lowest BCUT2D eigenvalue weighted by molar-refractivity contribution is -0.141. The summed E-state index contributed by atoms with van der Waals surface area (Å²) in [5, 5.41) is 6.20. The molecule has 1 unspecified atom stereocenters. The molecule has 1 aromatic heterocycles. The van der Waals surface area contributed by atoms with Crippen LogP contribution in [0.3, 0.4) is 0 Å². The number of amides is 1. The number of carbonyl (C=O) groups is 1. The van der Waals surface area contributed by atoms with Crippen LogP contribution >= 0.6 is 0 Å². The molecule has 0 radical (unpaired) electrons. The zero-order valence-electron chi connectivity index (χ0n) is 14.8. The molecule has 1 aromatic carbocycles. The van der Waals surface area contributed by atoms with Gasteiger partial charge in [-0.1, -0.05) is 44.2 Å². The van der Waals surface area contributed by atoms with Crippen molar-refractivity contribution in [1.82, 2.24) is 20.0 Å². The number of benzene rings is 1. The highest BCUT2D eigenvalue weighted by atomic mass is 19.4. The van der Waals surface area contributed by atoms with Crippen molar-refractivity contribution < 1.29 is 18.0 Å². The largest absolute Gasteiger partial charge is 0.435 e. The molecule has 5 nitrogen and oxygen atoms in total. The van der Waals surface area contributed by atoms with E-state index in [9.17, 15) is 18.0 Å². The molecule has 142 valence electrons. The molecule has 0 spiro atoms. The van der Waals surface area contributed by atoms with Crippen LogP contribution in [0, 0.1) is 0 Å². The molecule has 0 aliphatic rings. The van der Waals surface area contributed by atoms with Gasteiger partial charge in [-0.25, -0.2) is 0 Å². The Morgan fingerprint density at radius 1 is 1.19 bits per heavy atom. The first-order valence-corrected chi connectivity index (χ1v) is 8.51. The van der Waals surface area contributed by atoms with Crippen LogP contribution in [-0.2, 0) is 17.5 Å². The molecule has 0 aliphatic heterocycles. The van der Waals surface area contributed by atoms with E-state index in [1.807, 2.05) is 44.2 Å². The van der Waals surface area contributed by atoms with E-state index in [-0.39, 0.29) is 18.5 Å². The summed E-state index contributed by atoms with van der Waals surface area (Å²) in [6, 6.07) is 10.7. The predicted molar refractivity (Wildman–Crippen MR) is 92.3 cm³/mol. The molecule has 1 heterocycles. The van der Waals surface area contributed by atoms with Crippen molar-refractivity contribution in [3.05, 3.63) is 53.9 Å². The van der Waals surface area contributed by atoms with Gasteiger partial charge in [0.05, 0.1) is 6.04 Å². The van der Waals surface area contributed by atoms with E-state index in [1.54, 1.807) is 0 Å². The van der Waals surface area contributed by atoms with Gasteiger partial charge in [-0.05, 0) is 24.7 Å². The third-order valence-corrected chi connectivity index (χ3v) is 4.17. The molecule has 1 N–H and O–H groups in total. The Morgan fingerprint density at radius 2 is 1.85 bits per heavy atom. The Bertz CT molecular complexity index is 696. The Balaban J connectivity index is 1.99. The van der Waals surface area contributed by atoms with Gasteiger partial charge in [-0.15, -0.1) is 0 Å². The highest BCUT2D eigenvalue weighted by Gasteiger charge is 2.33. The van der Waals surface area contributed by atoms with Gasteiger partial charge in [0.25, 0.3) is 0 Å². The highest BCUT2D eigenvalue weighted by Crippen LogP contribution is 2.27. The van der Waals surface area contributed by atoms with Gasteiger partial charge >= 0.3 is 6.18 Å². The average molecular weight is 368 g/mol. The van der Waals surface area contributed by atoms with E-state index < -0.39 is 11.9 Å². The second kappa shape index (κ2) is 8.84. The number of hydrogen-bond acceptors (Lipinski definition) is 3. The number of alkyl halides is 3. The number of nitrogens with one attached hydrogen (secondary N) is 1. The predicted octanol–water partition coefficient (Wildman–Crippen LogP) is 3.10. The van der Waals surface area contributed by atoms with Crippen LogP contribution in [0.5, 0.6) is 0 Å². The van der Waals surface area contributed by atoms with Gasteiger partial charge in [0, 0.05) is 12.7 Å². The van der Waals surface area contributed by atoms with Crippen LogP contribution in [0.4, 0.5) is 13.2 Å². The molecule has 0 saturated heterocycles.